The van der Waals surface area contributed by atoms with E-state index in [0.717, 1.165) is 62.5 Å². The van der Waals surface area contributed by atoms with Crippen molar-refractivity contribution in [3.8, 4) is 5.75 Å². The van der Waals surface area contributed by atoms with E-state index in [2.05, 4.69) is 32.7 Å². The highest BCUT2D eigenvalue weighted by Gasteiger charge is 2.25. The van der Waals surface area contributed by atoms with Gasteiger partial charge in [0.05, 0.1) is 26.4 Å². The van der Waals surface area contributed by atoms with E-state index in [0.29, 0.717) is 6.54 Å². The molecule has 0 aliphatic carbocycles. The topological polar surface area (TPSA) is 71.3 Å². The zero-order valence-electron chi connectivity index (χ0n) is 17.6. The molecule has 1 aromatic heterocycles. The van der Waals surface area contributed by atoms with E-state index in [1.807, 2.05) is 31.2 Å². The Hall–Kier alpha value is -2.51. The van der Waals surface area contributed by atoms with E-state index in [1.165, 1.54) is 5.56 Å². The monoisotopic (exact) mass is 400 g/mol. The van der Waals surface area contributed by atoms with Gasteiger partial charge in [-0.05, 0) is 37.1 Å². The van der Waals surface area contributed by atoms with Gasteiger partial charge in [-0.15, -0.1) is 0 Å². The molecule has 7 heteroatoms. The van der Waals surface area contributed by atoms with Crippen molar-refractivity contribution in [3.05, 3.63) is 53.5 Å². The molecular weight excluding hydrogens is 368 g/mol. The maximum Gasteiger partial charge on any atom is 0.191 e. The zero-order chi connectivity index (χ0) is 20.5. The fourth-order valence-electron chi connectivity index (χ4n) is 3.57. The van der Waals surface area contributed by atoms with Crippen molar-refractivity contribution in [2.24, 2.45) is 4.99 Å². The lowest BCUT2D eigenvalue weighted by atomic mass is 10.1. The van der Waals surface area contributed by atoms with Crippen LogP contribution < -0.4 is 15.4 Å². The van der Waals surface area contributed by atoms with Gasteiger partial charge in [0, 0.05) is 33.2 Å². The third-order valence-corrected chi connectivity index (χ3v) is 5.14. The van der Waals surface area contributed by atoms with Crippen LogP contribution in [0.4, 0.5) is 0 Å². The molecule has 2 heterocycles. The third kappa shape index (κ3) is 5.98. The van der Waals surface area contributed by atoms with Gasteiger partial charge in [0.25, 0.3) is 0 Å². The maximum atomic E-state index is 5.93. The Labute approximate surface area is 173 Å². The highest BCUT2D eigenvalue weighted by Crippen LogP contribution is 2.23. The molecule has 0 bridgehead atoms. The van der Waals surface area contributed by atoms with Gasteiger partial charge in [-0.1, -0.05) is 18.2 Å². The van der Waals surface area contributed by atoms with E-state index >= 15 is 0 Å². The number of methoxy groups -OCH3 is 1. The summed E-state index contributed by atoms with van der Waals surface area (Å²) in [6.07, 6.45) is 0.856. The van der Waals surface area contributed by atoms with Crippen molar-refractivity contribution >= 4 is 5.96 Å². The first kappa shape index (κ1) is 21.2. The Morgan fingerprint density at radius 3 is 2.66 bits per heavy atom. The van der Waals surface area contributed by atoms with Gasteiger partial charge in [-0.3, -0.25) is 9.89 Å². The number of nitrogens with zero attached hydrogens (tertiary/aromatic N) is 2. The zero-order valence-corrected chi connectivity index (χ0v) is 17.6. The second kappa shape index (κ2) is 10.9. The minimum Gasteiger partial charge on any atom is -0.496 e. The Morgan fingerprint density at radius 1 is 1.17 bits per heavy atom. The molecule has 1 unspecified atom stereocenters. The molecule has 2 N–H and O–H groups in total. The Bertz CT molecular complexity index is 784. The number of aryl methyl sites for hydroxylation is 1. The lowest BCUT2D eigenvalue weighted by Gasteiger charge is -2.33. The minimum atomic E-state index is 0.139. The van der Waals surface area contributed by atoms with Gasteiger partial charge in [-0.2, -0.15) is 0 Å². The van der Waals surface area contributed by atoms with Crippen LogP contribution in [0.3, 0.4) is 0 Å². The largest absolute Gasteiger partial charge is 0.496 e. The summed E-state index contributed by atoms with van der Waals surface area (Å²) < 4.78 is 16.9. The van der Waals surface area contributed by atoms with Gasteiger partial charge < -0.3 is 24.5 Å². The van der Waals surface area contributed by atoms with Crippen LogP contribution in [0, 0.1) is 6.92 Å². The normalized spacial score (nSPS) is 16.4. The van der Waals surface area contributed by atoms with Crippen LogP contribution in [0.25, 0.3) is 0 Å². The van der Waals surface area contributed by atoms with Crippen LogP contribution >= 0.6 is 0 Å². The number of ether oxygens (including phenoxy) is 2. The number of guanidine groups is 1. The third-order valence-electron chi connectivity index (χ3n) is 5.14. The van der Waals surface area contributed by atoms with E-state index in [9.17, 15) is 0 Å². The second-order valence-corrected chi connectivity index (χ2v) is 7.05. The Morgan fingerprint density at radius 2 is 1.97 bits per heavy atom. The van der Waals surface area contributed by atoms with Crippen LogP contribution in [0.2, 0.25) is 0 Å². The standard InChI is InChI=1S/C22H32N4O3/c1-17-8-9-21(29-17)19(26-12-14-28-15-13-26)16-25-22(23-2)24-11-10-18-6-4-5-7-20(18)27-3/h4-9,19H,10-16H2,1-3H3,(H2,23,24,25). The molecule has 7 nitrogen and oxygen atoms in total. The molecule has 29 heavy (non-hydrogen) atoms. The van der Waals surface area contributed by atoms with Gasteiger partial charge in [0.1, 0.15) is 17.3 Å². The number of morpholine rings is 1. The molecule has 1 fully saturated rings. The molecular formula is C22H32N4O3. The minimum absolute atomic E-state index is 0.139. The van der Waals surface area contributed by atoms with Gasteiger partial charge in [0.2, 0.25) is 0 Å². The molecule has 1 saturated heterocycles. The Kier molecular flexibility index (Phi) is 7.95. The molecule has 158 valence electrons. The number of rotatable bonds is 8. The molecule has 3 rings (SSSR count). The van der Waals surface area contributed by atoms with Crippen LogP contribution in [-0.2, 0) is 11.2 Å². The Balaban J connectivity index is 1.55. The van der Waals surface area contributed by atoms with E-state index in [-0.39, 0.29) is 6.04 Å². The fraction of sp³-hybridized carbons (Fsp3) is 0.500. The summed E-state index contributed by atoms with van der Waals surface area (Å²) in [6.45, 7) is 6.75. The van der Waals surface area contributed by atoms with Crippen molar-refractivity contribution < 1.29 is 13.9 Å². The predicted molar refractivity (Wildman–Crippen MR) is 115 cm³/mol. The SMILES string of the molecule is CN=C(NCCc1ccccc1OC)NCC(c1ccc(C)o1)N1CCOCC1. The summed E-state index contributed by atoms with van der Waals surface area (Å²) in [5.74, 6) is 3.60. The van der Waals surface area contributed by atoms with Gasteiger partial charge in [-0.25, -0.2) is 0 Å². The smallest absolute Gasteiger partial charge is 0.191 e. The molecule has 1 aliphatic heterocycles. The first-order valence-electron chi connectivity index (χ1n) is 10.2. The van der Waals surface area contributed by atoms with E-state index in [4.69, 9.17) is 13.9 Å². The van der Waals surface area contributed by atoms with Gasteiger partial charge >= 0.3 is 0 Å². The number of hydrogen-bond donors (Lipinski definition) is 2. The first-order chi connectivity index (χ1) is 14.2. The number of hydrogen-bond acceptors (Lipinski definition) is 5. The number of furan rings is 1. The van der Waals surface area contributed by atoms with E-state index in [1.54, 1.807) is 14.2 Å². The summed E-state index contributed by atoms with van der Waals surface area (Å²) in [6, 6.07) is 12.3. The molecule has 0 amide bonds. The average molecular weight is 401 g/mol. The summed E-state index contributed by atoms with van der Waals surface area (Å²) in [7, 11) is 3.49. The highest BCUT2D eigenvalue weighted by molar-refractivity contribution is 5.79. The van der Waals surface area contributed by atoms with E-state index < -0.39 is 0 Å². The van der Waals surface area contributed by atoms with Crippen molar-refractivity contribution in [3.63, 3.8) is 0 Å². The average Bonchev–Trinajstić information content (AvgIpc) is 3.19. The number of para-hydroxylation sites is 1. The number of nitrogens with one attached hydrogen (secondary N) is 2. The molecule has 1 aromatic carbocycles. The van der Waals surface area contributed by atoms with Gasteiger partial charge in [0.15, 0.2) is 5.96 Å². The van der Waals surface area contributed by atoms with Crippen LogP contribution in [-0.4, -0.2) is 64.4 Å². The van der Waals surface area contributed by atoms with Crippen molar-refractivity contribution in [2.45, 2.75) is 19.4 Å². The molecule has 0 spiro atoms. The summed E-state index contributed by atoms with van der Waals surface area (Å²) >= 11 is 0. The van der Waals surface area contributed by atoms with Crippen molar-refractivity contribution in [1.29, 1.82) is 0 Å². The molecule has 0 saturated carbocycles. The molecule has 1 aliphatic rings. The first-order valence-corrected chi connectivity index (χ1v) is 10.2. The quantitative estimate of drug-likeness (QED) is 0.524. The highest BCUT2D eigenvalue weighted by atomic mass is 16.5. The summed E-state index contributed by atoms with van der Waals surface area (Å²) in [5.41, 5.74) is 1.18. The fourth-order valence-corrected chi connectivity index (χ4v) is 3.57. The summed E-state index contributed by atoms with van der Waals surface area (Å²) in [5, 5.41) is 6.85. The molecule has 2 aromatic rings. The van der Waals surface area contributed by atoms with Crippen LogP contribution in [0.15, 0.2) is 45.8 Å². The lowest BCUT2D eigenvalue weighted by Crippen LogP contribution is -2.46. The summed E-state index contributed by atoms with van der Waals surface area (Å²) in [4.78, 5) is 6.77. The van der Waals surface area contributed by atoms with Crippen LogP contribution in [0.5, 0.6) is 5.75 Å². The lowest BCUT2D eigenvalue weighted by molar-refractivity contribution is 0.0124. The second-order valence-electron chi connectivity index (χ2n) is 7.05. The molecule has 0 radical (unpaired) electrons. The predicted octanol–water partition coefficient (Wildman–Crippen LogP) is 2.38. The number of aliphatic imine (C=N–C) groups is 1. The molecule has 1 atom stereocenters. The van der Waals surface area contributed by atoms with Crippen LogP contribution in [0.1, 0.15) is 23.1 Å². The van der Waals surface area contributed by atoms with Crippen molar-refractivity contribution in [2.75, 3.05) is 53.6 Å². The maximum absolute atomic E-state index is 5.93. The number of benzene rings is 1. The van der Waals surface area contributed by atoms with Crippen molar-refractivity contribution in [1.82, 2.24) is 15.5 Å².